The zero-order valence-electron chi connectivity index (χ0n) is 11.0. The van der Waals surface area contributed by atoms with Gasteiger partial charge in [-0.1, -0.05) is 19.3 Å². The summed E-state index contributed by atoms with van der Waals surface area (Å²) in [7, 11) is 0. The minimum Gasteiger partial charge on any atom is -0.351 e. The predicted molar refractivity (Wildman–Crippen MR) is 79.9 cm³/mol. The highest BCUT2D eigenvalue weighted by atomic mass is 79.9. The van der Waals surface area contributed by atoms with E-state index in [-0.39, 0.29) is 0 Å². The second-order valence-corrected chi connectivity index (χ2v) is 5.83. The van der Waals surface area contributed by atoms with E-state index in [4.69, 9.17) is 5.73 Å². The van der Waals surface area contributed by atoms with E-state index in [0.717, 1.165) is 16.8 Å². The molecule has 0 radical (unpaired) electrons. The van der Waals surface area contributed by atoms with E-state index in [2.05, 4.69) is 32.7 Å². The van der Waals surface area contributed by atoms with E-state index < -0.39 is 0 Å². The van der Waals surface area contributed by atoms with Gasteiger partial charge >= 0.3 is 0 Å². The summed E-state index contributed by atoms with van der Waals surface area (Å²) in [6, 6.07) is 2.64. The van der Waals surface area contributed by atoms with Crippen molar-refractivity contribution in [3.8, 4) is 0 Å². The molecule has 100 valence electrons. The molecule has 0 saturated heterocycles. The summed E-state index contributed by atoms with van der Waals surface area (Å²) >= 11 is 3.67. The molecule has 18 heavy (non-hydrogen) atoms. The Bertz CT molecular complexity index is 389. The Morgan fingerprint density at radius 3 is 2.78 bits per heavy atom. The van der Waals surface area contributed by atoms with E-state index in [9.17, 15) is 0 Å². The molecule has 0 spiro atoms. The van der Waals surface area contributed by atoms with E-state index in [1.807, 2.05) is 12.3 Å². The van der Waals surface area contributed by atoms with Crippen molar-refractivity contribution in [3.63, 3.8) is 0 Å². The molecule has 4 heteroatoms. The highest BCUT2D eigenvalue weighted by Crippen LogP contribution is 2.32. The number of hydrogen-bond acceptors (Lipinski definition) is 3. The summed E-state index contributed by atoms with van der Waals surface area (Å²) in [4.78, 5) is 6.96. The highest BCUT2D eigenvalue weighted by Gasteiger charge is 2.23. The molecular formula is C14H22BrN3. The van der Waals surface area contributed by atoms with Crippen LogP contribution in [0.15, 0.2) is 16.7 Å². The fourth-order valence-corrected chi connectivity index (χ4v) is 3.18. The van der Waals surface area contributed by atoms with Gasteiger partial charge in [0.05, 0.1) is 4.47 Å². The number of halogens is 1. The minimum absolute atomic E-state index is 0.605. The first-order chi connectivity index (χ1) is 8.74. The summed E-state index contributed by atoms with van der Waals surface area (Å²) in [5.74, 6) is 1.06. The Kier molecular flexibility index (Phi) is 5.01. The maximum absolute atomic E-state index is 5.78. The topological polar surface area (TPSA) is 42.2 Å². The Morgan fingerprint density at radius 2 is 2.11 bits per heavy atom. The van der Waals surface area contributed by atoms with Crippen LogP contribution in [0.3, 0.4) is 0 Å². The van der Waals surface area contributed by atoms with Crippen LogP contribution in [0.1, 0.15) is 37.7 Å². The largest absolute Gasteiger partial charge is 0.351 e. The molecule has 0 unspecified atom stereocenters. The number of nitrogens with zero attached hydrogens (tertiary/aromatic N) is 2. The van der Waals surface area contributed by atoms with E-state index in [0.29, 0.717) is 12.6 Å². The number of pyridine rings is 1. The Balaban J connectivity index is 2.25. The van der Waals surface area contributed by atoms with Crippen molar-refractivity contribution in [2.75, 3.05) is 18.0 Å². The molecule has 1 heterocycles. The van der Waals surface area contributed by atoms with Gasteiger partial charge in [-0.2, -0.15) is 0 Å². The second kappa shape index (κ2) is 6.53. The lowest BCUT2D eigenvalue weighted by atomic mass is 9.94. The van der Waals surface area contributed by atoms with Gasteiger partial charge in [-0.25, -0.2) is 4.98 Å². The van der Waals surface area contributed by atoms with Crippen molar-refractivity contribution in [1.29, 1.82) is 0 Å². The SMILES string of the molecule is Cc1ccnc(N(CCN)C2CCCCC2)c1Br. The fourth-order valence-electron chi connectivity index (χ4n) is 2.72. The zero-order valence-corrected chi connectivity index (χ0v) is 12.6. The first-order valence-corrected chi connectivity index (χ1v) is 7.61. The van der Waals surface area contributed by atoms with Gasteiger partial charge in [0.1, 0.15) is 5.82 Å². The molecule has 1 aromatic rings. The Labute approximate surface area is 118 Å². The van der Waals surface area contributed by atoms with Crippen LogP contribution in [0.25, 0.3) is 0 Å². The Morgan fingerprint density at radius 1 is 1.39 bits per heavy atom. The normalized spacial score (nSPS) is 16.8. The lowest BCUT2D eigenvalue weighted by Crippen LogP contribution is -2.41. The molecule has 1 saturated carbocycles. The van der Waals surface area contributed by atoms with E-state index >= 15 is 0 Å². The maximum Gasteiger partial charge on any atom is 0.143 e. The summed E-state index contributed by atoms with van der Waals surface area (Å²) in [5.41, 5.74) is 7.01. The molecule has 1 aliphatic rings. The van der Waals surface area contributed by atoms with Gasteiger partial charge in [0.15, 0.2) is 0 Å². The number of anilines is 1. The molecule has 1 fully saturated rings. The number of rotatable bonds is 4. The molecule has 0 aromatic carbocycles. The third-order valence-electron chi connectivity index (χ3n) is 3.72. The van der Waals surface area contributed by atoms with E-state index in [1.54, 1.807) is 0 Å². The first kappa shape index (κ1) is 13.8. The van der Waals surface area contributed by atoms with Crippen molar-refractivity contribution in [2.45, 2.75) is 45.1 Å². The van der Waals surface area contributed by atoms with Gasteiger partial charge in [-0.15, -0.1) is 0 Å². The van der Waals surface area contributed by atoms with Crippen molar-refractivity contribution in [3.05, 3.63) is 22.3 Å². The third-order valence-corrected chi connectivity index (χ3v) is 4.70. The highest BCUT2D eigenvalue weighted by molar-refractivity contribution is 9.10. The van der Waals surface area contributed by atoms with Crippen LogP contribution in [-0.2, 0) is 0 Å². The first-order valence-electron chi connectivity index (χ1n) is 6.82. The van der Waals surface area contributed by atoms with Crippen LogP contribution < -0.4 is 10.6 Å². The minimum atomic E-state index is 0.605. The van der Waals surface area contributed by atoms with Gasteiger partial charge in [0.25, 0.3) is 0 Å². The van der Waals surface area contributed by atoms with Gasteiger partial charge < -0.3 is 10.6 Å². The monoisotopic (exact) mass is 311 g/mol. The standard InChI is InChI=1S/C14H22BrN3/c1-11-7-9-17-14(13(11)15)18(10-8-16)12-5-3-2-4-6-12/h7,9,12H,2-6,8,10,16H2,1H3. The van der Waals surface area contributed by atoms with Gasteiger partial charge in [0, 0.05) is 25.3 Å². The van der Waals surface area contributed by atoms with Crippen LogP contribution in [0.4, 0.5) is 5.82 Å². The smallest absolute Gasteiger partial charge is 0.143 e. The molecule has 2 rings (SSSR count). The molecule has 1 aliphatic carbocycles. The van der Waals surface area contributed by atoms with Crippen molar-refractivity contribution >= 4 is 21.7 Å². The van der Waals surface area contributed by atoms with Crippen molar-refractivity contribution in [2.24, 2.45) is 5.73 Å². The molecule has 2 N–H and O–H groups in total. The van der Waals surface area contributed by atoms with Gasteiger partial charge in [-0.05, 0) is 47.3 Å². The maximum atomic E-state index is 5.78. The lowest BCUT2D eigenvalue weighted by molar-refractivity contribution is 0.414. The van der Waals surface area contributed by atoms with Crippen molar-refractivity contribution in [1.82, 2.24) is 4.98 Å². The van der Waals surface area contributed by atoms with Gasteiger partial charge in [-0.3, -0.25) is 0 Å². The quantitative estimate of drug-likeness (QED) is 0.928. The number of nitrogens with two attached hydrogens (primary N) is 1. The zero-order chi connectivity index (χ0) is 13.0. The fraction of sp³-hybridized carbons (Fsp3) is 0.643. The molecule has 0 bridgehead atoms. The Hall–Kier alpha value is -0.610. The molecule has 0 atom stereocenters. The van der Waals surface area contributed by atoms with Crippen molar-refractivity contribution < 1.29 is 0 Å². The lowest BCUT2D eigenvalue weighted by Gasteiger charge is -2.35. The second-order valence-electron chi connectivity index (χ2n) is 5.04. The van der Waals surface area contributed by atoms with Crippen LogP contribution in [0.5, 0.6) is 0 Å². The molecule has 3 nitrogen and oxygen atoms in total. The third kappa shape index (κ3) is 3.04. The number of aryl methyl sites for hydroxylation is 1. The number of aromatic nitrogens is 1. The summed E-state index contributed by atoms with van der Waals surface area (Å²) < 4.78 is 1.11. The predicted octanol–water partition coefficient (Wildman–Crippen LogP) is 3.25. The van der Waals surface area contributed by atoms with Crippen LogP contribution in [0.2, 0.25) is 0 Å². The summed E-state index contributed by atoms with van der Waals surface area (Å²) in [5, 5.41) is 0. The van der Waals surface area contributed by atoms with E-state index in [1.165, 1.54) is 37.7 Å². The summed E-state index contributed by atoms with van der Waals surface area (Å²) in [6.45, 7) is 3.68. The molecule has 1 aromatic heterocycles. The average molecular weight is 312 g/mol. The van der Waals surface area contributed by atoms with Crippen LogP contribution in [0, 0.1) is 6.92 Å². The van der Waals surface area contributed by atoms with Crippen LogP contribution in [-0.4, -0.2) is 24.1 Å². The molecule has 0 aliphatic heterocycles. The molecular weight excluding hydrogens is 290 g/mol. The molecule has 0 amide bonds. The summed E-state index contributed by atoms with van der Waals surface area (Å²) in [6.07, 6.45) is 8.45. The number of hydrogen-bond donors (Lipinski definition) is 1. The average Bonchev–Trinajstić information content (AvgIpc) is 2.41. The van der Waals surface area contributed by atoms with Crippen LogP contribution >= 0.6 is 15.9 Å². The van der Waals surface area contributed by atoms with Gasteiger partial charge in [0.2, 0.25) is 0 Å².